The second kappa shape index (κ2) is 12.2. The molecule has 2 unspecified atom stereocenters. The maximum absolute atomic E-state index is 12.8. The molecule has 2 aromatic rings. The van der Waals surface area contributed by atoms with E-state index in [2.05, 4.69) is 10.6 Å². The summed E-state index contributed by atoms with van der Waals surface area (Å²) < 4.78 is 5.70. The molecule has 2 aromatic carbocycles. The standard InChI is InChI=1S/C28H34Cl2N4O6/c1-28(2,27(38)39)40-24-13-22(19(12-20(24)30)25(36)31-3)34-14-21(23(35)15-34)32-18-8-10-33(11-9-18)26(37)16-4-6-17(29)7-5-16/h4-7,12-13,18,21,23,32,35H,8-11,14-15H2,1-3H3,(H,31,36)(H,38,39). The topological polar surface area (TPSA) is 131 Å². The largest absolute Gasteiger partial charge is 0.478 e. The molecule has 2 aliphatic heterocycles. The number of halogens is 2. The van der Waals surface area contributed by atoms with Crippen LogP contribution in [0.15, 0.2) is 36.4 Å². The average molecular weight is 594 g/mol. The minimum Gasteiger partial charge on any atom is -0.478 e. The summed E-state index contributed by atoms with van der Waals surface area (Å²) in [5, 5.41) is 27.2. The van der Waals surface area contributed by atoms with Gasteiger partial charge < -0.3 is 35.4 Å². The summed E-state index contributed by atoms with van der Waals surface area (Å²) in [5.74, 6) is -1.44. The lowest BCUT2D eigenvalue weighted by atomic mass is 10.0. The number of aliphatic hydroxyl groups is 1. The lowest BCUT2D eigenvalue weighted by Gasteiger charge is -2.34. The molecule has 40 heavy (non-hydrogen) atoms. The van der Waals surface area contributed by atoms with Crippen molar-refractivity contribution in [1.29, 1.82) is 0 Å². The minimum atomic E-state index is -1.55. The van der Waals surface area contributed by atoms with Gasteiger partial charge in [-0.3, -0.25) is 9.59 Å². The van der Waals surface area contributed by atoms with Crippen LogP contribution in [0.3, 0.4) is 0 Å². The normalized spacial score (nSPS) is 19.9. The smallest absolute Gasteiger partial charge is 0.347 e. The highest BCUT2D eigenvalue weighted by atomic mass is 35.5. The number of nitrogens with one attached hydrogen (secondary N) is 2. The number of carbonyl (C=O) groups is 3. The van der Waals surface area contributed by atoms with Gasteiger partial charge in [-0.25, -0.2) is 4.79 Å². The molecule has 2 saturated heterocycles. The third kappa shape index (κ3) is 6.63. The van der Waals surface area contributed by atoms with E-state index in [0.717, 1.165) is 12.8 Å². The maximum atomic E-state index is 12.8. The Hall–Kier alpha value is -3.05. The summed E-state index contributed by atoms with van der Waals surface area (Å²) in [5.41, 5.74) is -0.183. The van der Waals surface area contributed by atoms with Crippen molar-refractivity contribution in [3.8, 4) is 5.75 Å². The van der Waals surface area contributed by atoms with E-state index in [4.69, 9.17) is 27.9 Å². The van der Waals surface area contributed by atoms with Gasteiger partial charge in [-0.2, -0.15) is 0 Å². The van der Waals surface area contributed by atoms with Crippen LogP contribution in [0.4, 0.5) is 5.69 Å². The molecule has 0 aromatic heterocycles. The zero-order valence-electron chi connectivity index (χ0n) is 22.6. The molecule has 0 aliphatic carbocycles. The first-order valence-corrected chi connectivity index (χ1v) is 13.9. The van der Waals surface area contributed by atoms with E-state index in [9.17, 15) is 24.6 Å². The number of ether oxygens (including phenoxy) is 1. The molecular formula is C28H34Cl2N4O6. The van der Waals surface area contributed by atoms with Crippen molar-refractivity contribution in [3.63, 3.8) is 0 Å². The van der Waals surface area contributed by atoms with Crippen LogP contribution in [0.25, 0.3) is 0 Å². The van der Waals surface area contributed by atoms with Crippen molar-refractivity contribution < 1.29 is 29.3 Å². The molecule has 2 aliphatic rings. The fourth-order valence-corrected chi connectivity index (χ4v) is 5.32. The molecular weight excluding hydrogens is 559 g/mol. The van der Waals surface area contributed by atoms with Crippen molar-refractivity contribution in [2.24, 2.45) is 0 Å². The van der Waals surface area contributed by atoms with Gasteiger partial charge in [0, 0.05) is 55.9 Å². The van der Waals surface area contributed by atoms with Gasteiger partial charge in [-0.15, -0.1) is 0 Å². The van der Waals surface area contributed by atoms with Crippen LogP contribution in [-0.2, 0) is 4.79 Å². The molecule has 2 fully saturated rings. The summed E-state index contributed by atoms with van der Waals surface area (Å²) in [7, 11) is 1.51. The Morgan fingerprint density at radius 1 is 1.05 bits per heavy atom. The van der Waals surface area contributed by atoms with Crippen LogP contribution in [-0.4, -0.2) is 89.9 Å². The van der Waals surface area contributed by atoms with E-state index in [0.29, 0.717) is 35.9 Å². The quantitative estimate of drug-likeness (QED) is 0.368. The number of hydrogen-bond acceptors (Lipinski definition) is 7. The number of likely N-dealkylation sites (tertiary alicyclic amines) is 1. The van der Waals surface area contributed by atoms with E-state index in [-0.39, 0.29) is 46.8 Å². The van der Waals surface area contributed by atoms with Crippen molar-refractivity contribution in [2.75, 3.05) is 38.1 Å². The fourth-order valence-electron chi connectivity index (χ4n) is 4.99. The molecule has 0 radical (unpaired) electrons. The number of carbonyl (C=O) groups excluding carboxylic acids is 2. The lowest BCUT2D eigenvalue weighted by molar-refractivity contribution is -0.152. The Bertz CT molecular complexity index is 1260. The van der Waals surface area contributed by atoms with Crippen molar-refractivity contribution in [3.05, 3.63) is 57.6 Å². The summed E-state index contributed by atoms with van der Waals surface area (Å²) in [4.78, 5) is 40.8. The number of hydrogen-bond donors (Lipinski definition) is 4. The Balaban J connectivity index is 1.44. The van der Waals surface area contributed by atoms with Crippen LogP contribution in [0.1, 0.15) is 47.4 Å². The predicted octanol–water partition coefficient (Wildman–Crippen LogP) is 3.04. The highest BCUT2D eigenvalue weighted by Gasteiger charge is 2.37. The van der Waals surface area contributed by atoms with Gasteiger partial charge in [0.1, 0.15) is 5.75 Å². The first kappa shape index (κ1) is 29.9. The number of β-amino-alcohol motifs (C(OH)–C–C–N with tert-alkyl or cyclic N) is 1. The predicted molar refractivity (Wildman–Crippen MR) is 153 cm³/mol. The SMILES string of the molecule is CNC(=O)c1cc(Cl)c(OC(C)(C)C(=O)O)cc1N1CC(O)C(NC2CCN(C(=O)c3ccc(Cl)cc3)CC2)C1. The van der Waals surface area contributed by atoms with Crippen LogP contribution in [0.5, 0.6) is 5.75 Å². The van der Waals surface area contributed by atoms with Gasteiger partial charge in [-0.05, 0) is 57.0 Å². The van der Waals surface area contributed by atoms with Crippen LogP contribution in [0.2, 0.25) is 10.0 Å². The summed E-state index contributed by atoms with van der Waals surface area (Å²) in [6, 6.07) is 9.67. The second-order valence-corrected chi connectivity index (χ2v) is 11.5. The molecule has 4 N–H and O–H groups in total. The third-order valence-corrected chi connectivity index (χ3v) is 7.90. The molecule has 0 spiro atoms. The average Bonchev–Trinajstić information content (AvgIpc) is 3.29. The minimum absolute atomic E-state index is 0.0317. The van der Waals surface area contributed by atoms with E-state index < -0.39 is 17.7 Å². The molecule has 2 atom stereocenters. The number of carboxylic acid groups (broad SMARTS) is 1. The van der Waals surface area contributed by atoms with Gasteiger partial charge in [0.05, 0.1) is 28.4 Å². The van der Waals surface area contributed by atoms with Crippen LogP contribution in [0, 0.1) is 0 Å². The number of benzene rings is 2. The highest BCUT2D eigenvalue weighted by molar-refractivity contribution is 6.32. The maximum Gasteiger partial charge on any atom is 0.347 e. The number of amides is 2. The van der Waals surface area contributed by atoms with Crippen LogP contribution >= 0.6 is 23.2 Å². The first-order valence-electron chi connectivity index (χ1n) is 13.1. The second-order valence-electron chi connectivity index (χ2n) is 10.6. The third-order valence-electron chi connectivity index (χ3n) is 7.35. The Morgan fingerprint density at radius 2 is 1.70 bits per heavy atom. The number of nitrogens with zero attached hydrogens (tertiary/aromatic N) is 2. The Morgan fingerprint density at radius 3 is 2.30 bits per heavy atom. The van der Waals surface area contributed by atoms with Crippen molar-refractivity contribution in [2.45, 2.75) is 50.5 Å². The Labute approximate surface area is 243 Å². The summed E-state index contributed by atoms with van der Waals surface area (Å²) >= 11 is 12.3. The molecule has 2 heterocycles. The summed E-state index contributed by atoms with van der Waals surface area (Å²) in [6.07, 6.45) is 0.742. The monoisotopic (exact) mass is 592 g/mol. The molecule has 216 valence electrons. The summed E-state index contributed by atoms with van der Waals surface area (Å²) in [6.45, 7) is 4.64. The van der Waals surface area contributed by atoms with Gasteiger partial charge in [0.15, 0.2) is 5.60 Å². The number of aliphatic hydroxyl groups excluding tert-OH is 1. The molecule has 0 saturated carbocycles. The van der Waals surface area contributed by atoms with E-state index in [1.165, 1.54) is 27.0 Å². The number of piperidine rings is 1. The van der Waals surface area contributed by atoms with Gasteiger partial charge in [0.25, 0.3) is 11.8 Å². The zero-order valence-corrected chi connectivity index (χ0v) is 24.1. The van der Waals surface area contributed by atoms with Gasteiger partial charge in [0.2, 0.25) is 0 Å². The molecule has 2 amide bonds. The van der Waals surface area contributed by atoms with E-state index >= 15 is 0 Å². The zero-order chi connectivity index (χ0) is 29.2. The Kier molecular flexibility index (Phi) is 9.14. The molecule has 0 bridgehead atoms. The van der Waals surface area contributed by atoms with Crippen LogP contribution < -0.4 is 20.3 Å². The number of carboxylic acids is 1. The number of rotatable bonds is 8. The lowest BCUT2D eigenvalue weighted by Crippen LogP contribution is -2.50. The van der Waals surface area contributed by atoms with E-state index in [1.54, 1.807) is 30.3 Å². The van der Waals surface area contributed by atoms with Gasteiger partial charge >= 0.3 is 5.97 Å². The van der Waals surface area contributed by atoms with Gasteiger partial charge in [-0.1, -0.05) is 23.2 Å². The van der Waals surface area contributed by atoms with Crippen molar-refractivity contribution >= 4 is 46.7 Å². The fraction of sp³-hybridized carbons (Fsp3) is 0.464. The highest BCUT2D eigenvalue weighted by Crippen LogP contribution is 2.37. The number of anilines is 1. The first-order chi connectivity index (χ1) is 18.9. The molecule has 4 rings (SSSR count). The van der Waals surface area contributed by atoms with E-state index in [1.807, 2.05) is 9.80 Å². The van der Waals surface area contributed by atoms with Crippen molar-refractivity contribution in [1.82, 2.24) is 15.5 Å². The molecule has 10 nitrogen and oxygen atoms in total. The molecule has 12 heteroatoms. The number of aliphatic carboxylic acids is 1.